The summed E-state index contributed by atoms with van der Waals surface area (Å²) in [6.07, 6.45) is 1.33. The molecule has 100 valence electrons. The van der Waals surface area contributed by atoms with Gasteiger partial charge < -0.3 is 14.3 Å². The third-order valence-corrected chi connectivity index (χ3v) is 2.85. The molecular weight excluding hydrogens is 255 g/mol. The topological polar surface area (TPSA) is 76.7 Å². The van der Waals surface area contributed by atoms with Gasteiger partial charge in [-0.2, -0.15) is 4.39 Å². The van der Waals surface area contributed by atoms with Gasteiger partial charge >= 0.3 is 5.97 Å². The van der Waals surface area contributed by atoms with Crippen molar-refractivity contribution in [3.63, 3.8) is 0 Å². The van der Waals surface area contributed by atoms with Crippen molar-refractivity contribution < 1.29 is 28.2 Å². The normalized spacial score (nSPS) is 19.4. The van der Waals surface area contributed by atoms with E-state index in [0.29, 0.717) is 0 Å². The highest BCUT2D eigenvalue weighted by atomic mass is 19.1. The lowest BCUT2D eigenvalue weighted by atomic mass is 9.85. The summed E-state index contributed by atoms with van der Waals surface area (Å²) in [5, 5.41) is 9.11. The zero-order chi connectivity index (χ0) is 14.2. The fourth-order valence-corrected chi connectivity index (χ4v) is 2.10. The molecule has 2 heterocycles. The Morgan fingerprint density at radius 3 is 2.53 bits per heavy atom. The van der Waals surface area contributed by atoms with Crippen LogP contribution in [0.1, 0.15) is 25.5 Å². The summed E-state index contributed by atoms with van der Waals surface area (Å²) in [4.78, 5) is 22.9. The van der Waals surface area contributed by atoms with E-state index in [2.05, 4.69) is 0 Å². The van der Waals surface area contributed by atoms with Gasteiger partial charge in [0, 0.05) is 5.57 Å². The molecule has 0 bridgehead atoms. The first-order chi connectivity index (χ1) is 8.93. The van der Waals surface area contributed by atoms with Crippen LogP contribution in [0.2, 0.25) is 0 Å². The summed E-state index contributed by atoms with van der Waals surface area (Å²) in [6, 6.07) is 1.80. The van der Waals surface area contributed by atoms with Gasteiger partial charge in [0.05, 0.1) is 12.2 Å². The number of hydrogen-bond acceptors (Lipinski definition) is 4. The Morgan fingerprint density at radius 1 is 1.37 bits per heavy atom. The van der Waals surface area contributed by atoms with Crippen LogP contribution < -0.4 is 0 Å². The van der Waals surface area contributed by atoms with E-state index < -0.39 is 29.3 Å². The van der Waals surface area contributed by atoms with Crippen molar-refractivity contribution in [2.45, 2.75) is 19.8 Å². The monoisotopic (exact) mass is 266 g/mol. The van der Waals surface area contributed by atoms with E-state index in [-0.39, 0.29) is 17.1 Å². The first-order valence-electron chi connectivity index (χ1n) is 5.49. The summed E-state index contributed by atoms with van der Waals surface area (Å²) in [7, 11) is 0. The molecule has 1 N–H and O–H groups in total. The summed E-state index contributed by atoms with van der Waals surface area (Å²) >= 11 is 0. The number of carbonyl (C=O) groups excluding carboxylic acids is 1. The summed E-state index contributed by atoms with van der Waals surface area (Å²) in [5.41, 5.74) is -0.556. The number of carboxylic acids is 1. The molecule has 0 aliphatic carbocycles. The van der Waals surface area contributed by atoms with Gasteiger partial charge in [-0.3, -0.25) is 4.79 Å². The zero-order valence-electron chi connectivity index (χ0n) is 10.3. The molecule has 0 radical (unpaired) electrons. The van der Waals surface area contributed by atoms with Crippen LogP contribution in [-0.4, -0.2) is 16.9 Å². The van der Waals surface area contributed by atoms with Gasteiger partial charge in [0.2, 0.25) is 0 Å². The van der Waals surface area contributed by atoms with Crippen molar-refractivity contribution in [1.29, 1.82) is 0 Å². The second-order valence-electron chi connectivity index (χ2n) is 4.07. The maximum absolute atomic E-state index is 13.7. The predicted molar refractivity (Wildman–Crippen MR) is 61.7 cm³/mol. The number of halogens is 1. The number of ketones is 1. The van der Waals surface area contributed by atoms with Crippen molar-refractivity contribution in [3.05, 3.63) is 47.1 Å². The van der Waals surface area contributed by atoms with Gasteiger partial charge in [-0.25, -0.2) is 4.79 Å². The molecule has 1 aliphatic heterocycles. The number of ether oxygens (including phenoxy) is 1. The van der Waals surface area contributed by atoms with Gasteiger partial charge in [-0.05, 0) is 26.0 Å². The van der Waals surface area contributed by atoms with E-state index >= 15 is 0 Å². The lowest BCUT2D eigenvalue weighted by molar-refractivity contribution is -0.133. The summed E-state index contributed by atoms with van der Waals surface area (Å²) in [5.74, 6) is -2.77. The summed E-state index contributed by atoms with van der Waals surface area (Å²) < 4.78 is 23.6. The maximum Gasteiger partial charge on any atom is 0.339 e. The van der Waals surface area contributed by atoms with Gasteiger partial charge in [-0.1, -0.05) is 0 Å². The van der Waals surface area contributed by atoms with Crippen LogP contribution >= 0.6 is 0 Å². The van der Waals surface area contributed by atoms with Gasteiger partial charge in [0.1, 0.15) is 17.1 Å². The first-order valence-corrected chi connectivity index (χ1v) is 5.49. The summed E-state index contributed by atoms with van der Waals surface area (Å²) in [6.45, 7) is 2.67. The van der Waals surface area contributed by atoms with Crippen LogP contribution in [0.25, 0.3) is 0 Å². The lowest BCUT2D eigenvalue weighted by Crippen LogP contribution is -2.23. The molecule has 1 aliphatic rings. The molecule has 0 spiro atoms. The number of rotatable bonds is 3. The van der Waals surface area contributed by atoms with Gasteiger partial charge in [0.15, 0.2) is 5.78 Å². The molecule has 0 fully saturated rings. The highest BCUT2D eigenvalue weighted by molar-refractivity contribution is 6.00. The van der Waals surface area contributed by atoms with Crippen molar-refractivity contribution in [3.8, 4) is 0 Å². The Morgan fingerprint density at radius 2 is 2.05 bits per heavy atom. The molecule has 0 saturated heterocycles. The van der Waals surface area contributed by atoms with E-state index in [1.165, 1.54) is 32.2 Å². The fourth-order valence-electron chi connectivity index (χ4n) is 2.10. The minimum atomic E-state index is -1.50. The quantitative estimate of drug-likeness (QED) is 0.909. The Balaban J connectivity index is 2.65. The average Bonchev–Trinajstić information content (AvgIpc) is 2.79. The van der Waals surface area contributed by atoms with Crippen LogP contribution in [0.5, 0.6) is 0 Å². The number of hydrogen-bond donors (Lipinski definition) is 1. The number of aliphatic carboxylic acids is 1. The molecule has 1 aromatic rings. The molecule has 19 heavy (non-hydrogen) atoms. The second-order valence-corrected chi connectivity index (χ2v) is 4.07. The molecular formula is C13H11FO5. The van der Waals surface area contributed by atoms with Crippen LogP contribution in [0.4, 0.5) is 4.39 Å². The largest absolute Gasteiger partial charge is 0.478 e. The minimum Gasteiger partial charge on any atom is -0.478 e. The lowest BCUT2D eigenvalue weighted by Gasteiger charge is -2.24. The molecule has 1 unspecified atom stereocenters. The van der Waals surface area contributed by atoms with Gasteiger partial charge in [0.25, 0.3) is 6.01 Å². The van der Waals surface area contributed by atoms with E-state index in [9.17, 15) is 14.0 Å². The third kappa shape index (κ3) is 2.16. The van der Waals surface area contributed by atoms with E-state index in [1.807, 2.05) is 0 Å². The number of allylic oxidation sites excluding steroid dienone is 2. The molecule has 0 saturated carbocycles. The van der Waals surface area contributed by atoms with Crippen LogP contribution in [-0.2, 0) is 14.3 Å². The Hall–Kier alpha value is -2.37. The highest BCUT2D eigenvalue weighted by Gasteiger charge is 2.39. The Bertz CT molecular complexity index is 559. The number of carbonyl (C=O) groups is 2. The van der Waals surface area contributed by atoms with Gasteiger partial charge in [-0.15, -0.1) is 0 Å². The minimum absolute atomic E-state index is 0.0383. The SMILES string of the molecule is CC(=O)C1=C(C)OC(F)=C(C(=O)O)C1c1ccco1. The van der Waals surface area contributed by atoms with Crippen molar-refractivity contribution in [1.82, 2.24) is 0 Å². The smallest absolute Gasteiger partial charge is 0.339 e. The average molecular weight is 266 g/mol. The first kappa shape index (κ1) is 13.1. The molecule has 0 aromatic carbocycles. The molecule has 0 amide bonds. The molecule has 1 atom stereocenters. The molecule has 6 heteroatoms. The molecule has 2 rings (SSSR count). The standard InChI is InChI=1S/C13H11FO5/c1-6(15)9-7(2)19-12(14)11(13(16)17)10(9)8-4-3-5-18-8/h3-5,10H,1-2H3,(H,16,17). The fraction of sp³-hybridized carbons (Fsp3) is 0.231. The number of furan rings is 1. The van der Waals surface area contributed by atoms with E-state index in [4.69, 9.17) is 14.3 Å². The van der Waals surface area contributed by atoms with Crippen LogP contribution in [0.15, 0.2) is 45.7 Å². The van der Waals surface area contributed by atoms with Crippen LogP contribution in [0, 0.1) is 0 Å². The third-order valence-electron chi connectivity index (χ3n) is 2.85. The highest BCUT2D eigenvalue weighted by Crippen LogP contribution is 2.41. The van der Waals surface area contributed by atoms with Crippen molar-refractivity contribution in [2.24, 2.45) is 0 Å². The van der Waals surface area contributed by atoms with Crippen LogP contribution in [0.3, 0.4) is 0 Å². The van der Waals surface area contributed by atoms with Crippen molar-refractivity contribution in [2.75, 3.05) is 0 Å². The molecule has 1 aromatic heterocycles. The number of carboxylic acid groups (broad SMARTS) is 1. The predicted octanol–water partition coefficient (Wildman–Crippen LogP) is 2.52. The second kappa shape index (κ2) is 4.72. The maximum atomic E-state index is 13.7. The Kier molecular flexibility index (Phi) is 3.25. The zero-order valence-corrected chi connectivity index (χ0v) is 10.3. The van der Waals surface area contributed by atoms with E-state index in [1.54, 1.807) is 0 Å². The molecule has 5 nitrogen and oxygen atoms in total. The van der Waals surface area contributed by atoms with Crippen molar-refractivity contribution >= 4 is 11.8 Å². The number of Topliss-reactive ketones (excluding diaryl/α,β-unsaturated/α-hetero) is 1. The van der Waals surface area contributed by atoms with E-state index in [0.717, 1.165) is 0 Å². The Labute approximate surface area is 108 Å².